The summed E-state index contributed by atoms with van der Waals surface area (Å²) in [6, 6.07) is 7.40. The minimum absolute atomic E-state index is 0.190. The van der Waals surface area contributed by atoms with E-state index in [9.17, 15) is 19.2 Å². The normalized spacial score (nSPS) is 14.0. The largest absolute Gasteiger partial charge is 0.486 e. The van der Waals surface area contributed by atoms with Crippen LogP contribution in [0.25, 0.3) is 10.9 Å². The average molecular weight is 499 g/mol. The molecule has 0 radical (unpaired) electrons. The van der Waals surface area contributed by atoms with Crippen molar-refractivity contribution in [2.45, 2.75) is 84.7 Å². The second-order valence-corrected chi connectivity index (χ2v) is 11.1. The molecule has 0 saturated heterocycles. The van der Waals surface area contributed by atoms with Gasteiger partial charge in [-0.1, -0.05) is 18.2 Å². The first-order valence-corrected chi connectivity index (χ1v) is 11.8. The molecule has 1 atom stereocenters. The number of H-pyrrole nitrogens is 1. The Labute approximate surface area is 209 Å². The molecule has 0 bridgehead atoms. The lowest BCUT2D eigenvalue weighted by atomic mass is 9.80. The Morgan fingerprint density at radius 2 is 1.56 bits per heavy atom. The van der Waals surface area contributed by atoms with Gasteiger partial charge in [-0.25, -0.2) is 9.59 Å². The molecule has 0 fully saturated rings. The van der Waals surface area contributed by atoms with Crippen LogP contribution in [0, 0.1) is 0 Å². The van der Waals surface area contributed by atoms with Crippen molar-refractivity contribution in [3.05, 3.63) is 62.0 Å². The third-order valence-electron chi connectivity index (χ3n) is 5.24. The number of para-hydroxylation sites is 1. The Morgan fingerprint density at radius 1 is 0.944 bits per heavy atom. The molecule has 3 rings (SSSR count). The van der Waals surface area contributed by atoms with Crippen LogP contribution in [-0.4, -0.2) is 34.4 Å². The number of esters is 1. The van der Waals surface area contributed by atoms with Crippen LogP contribution in [0.3, 0.4) is 0 Å². The number of alkyl carbamates (subject to hydrolysis) is 1. The summed E-state index contributed by atoms with van der Waals surface area (Å²) in [5, 5.41) is 3.39. The van der Waals surface area contributed by atoms with Gasteiger partial charge in [-0.05, 0) is 67.0 Å². The van der Waals surface area contributed by atoms with Gasteiger partial charge in [0.25, 0.3) is 5.43 Å². The van der Waals surface area contributed by atoms with Crippen molar-refractivity contribution < 1.29 is 23.8 Å². The van der Waals surface area contributed by atoms with Gasteiger partial charge in [0.1, 0.15) is 11.2 Å². The van der Waals surface area contributed by atoms with E-state index in [-0.39, 0.29) is 17.7 Å². The molecule has 0 aliphatic carbocycles. The number of fused-ring (bicyclic) bond motifs is 1. The van der Waals surface area contributed by atoms with Crippen molar-refractivity contribution in [3.63, 3.8) is 0 Å². The summed E-state index contributed by atoms with van der Waals surface area (Å²) >= 11 is 0. The molecule has 1 amide bonds. The summed E-state index contributed by atoms with van der Waals surface area (Å²) in [5.41, 5.74) is -4.57. The van der Waals surface area contributed by atoms with Gasteiger partial charge in [0, 0.05) is 23.5 Å². The molecule has 0 aliphatic rings. The Hall–Kier alpha value is -3.62. The quantitative estimate of drug-likeness (QED) is 0.374. The number of aromatic nitrogens is 1. The van der Waals surface area contributed by atoms with Gasteiger partial charge in [-0.2, -0.15) is 0 Å². The van der Waals surface area contributed by atoms with E-state index in [4.69, 9.17) is 14.2 Å². The second kappa shape index (κ2) is 9.44. The number of amides is 1. The summed E-state index contributed by atoms with van der Waals surface area (Å²) in [6.45, 7) is 13.4. The summed E-state index contributed by atoms with van der Waals surface area (Å²) in [6.07, 6.45) is 0.0919. The van der Waals surface area contributed by atoms with Crippen LogP contribution < -0.4 is 20.9 Å². The van der Waals surface area contributed by atoms with E-state index in [0.717, 1.165) is 10.9 Å². The monoisotopic (exact) mass is 498 g/mol. The molecular formula is C27H34N2O7. The van der Waals surface area contributed by atoms with Crippen molar-refractivity contribution in [1.29, 1.82) is 0 Å². The van der Waals surface area contributed by atoms with Crippen LogP contribution in [0.15, 0.2) is 40.1 Å². The van der Waals surface area contributed by atoms with Gasteiger partial charge < -0.3 is 24.5 Å². The molecule has 0 spiro atoms. The first-order valence-electron chi connectivity index (χ1n) is 11.8. The van der Waals surface area contributed by atoms with Gasteiger partial charge in [0.2, 0.25) is 5.43 Å². The topological polar surface area (TPSA) is 124 Å². The molecule has 0 aliphatic heterocycles. The third-order valence-corrected chi connectivity index (χ3v) is 5.24. The maximum absolute atomic E-state index is 13.9. The fourth-order valence-electron chi connectivity index (χ4n) is 3.93. The van der Waals surface area contributed by atoms with E-state index >= 15 is 0 Å². The van der Waals surface area contributed by atoms with Gasteiger partial charge >= 0.3 is 12.1 Å². The summed E-state index contributed by atoms with van der Waals surface area (Å²) in [4.78, 5) is 55.7. The SMILES string of the molecule is CC(C)Oc1c(C(Cc2c[nH]c3ccccc23)(NC(=O)OC(C)(C)C)C(=O)OC(C)(C)C)c(=O)c1=O. The van der Waals surface area contributed by atoms with Gasteiger partial charge in [-0.3, -0.25) is 9.59 Å². The minimum atomic E-state index is -2.09. The summed E-state index contributed by atoms with van der Waals surface area (Å²) in [7, 11) is 0. The van der Waals surface area contributed by atoms with Gasteiger partial charge in [0.15, 0.2) is 11.3 Å². The average Bonchev–Trinajstić information content (AvgIpc) is 3.12. The number of carbonyl (C=O) groups excluding carboxylic acids is 2. The van der Waals surface area contributed by atoms with Crippen molar-refractivity contribution in [2.24, 2.45) is 0 Å². The first kappa shape index (κ1) is 27.0. The number of nitrogens with one attached hydrogen (secondary N) is 2. The second-order valence-electron chi connectivity index (χ2n) is 11.1. The van der Waals surface area contributed by atoms with Crippen molar-refractivity contribution in [1.82, 2.24) is 10.3 Å². The number of hydrogen-bond donors (Lipinski definition) is 2. The zero-order chi connectivity index (χ0) is 27.1. The Kier molecular flexibility index (Phi) is 7.08. The van der Waals surface area contributed by atoms with E-state index < -0.39 is 45.8 Å². The number of benzene rings is 1. The molecular weight excluding hydrogens is 464 g/mol. The highest BCUT2D eigenvalue weighted by molar-refractivity contribution is 5.91. The Morgan fingerprint density at radius 3 is 2.14 bits per heavy atom. The fraction of sp³-hybridized carbons (Fsp3) is 0.481. The molecule has 194 valence electrons. The van der Waals surface area contributed by atoms with Gasteiger partial charge in [-0.15, -0.1) is 0 Å². The molecule has 2 N–H and O–H groups in total. The van der Waals surface area contributed by atoms with Crippen LogP contribution in [-0.2, 0) is 26.2 Å². The molecule has 1 aromatic heterocycles. The molecule has 9 nitrogen and oxygen atoms in total. The lowest BCUT2D eigenvalue weighted by molar-refractivity contribution is -0.164. The zero-order valence-corrected chi connectivity index (χ0v) is 22.0. The number of carbonyl (C=O) groups is 2. The molecule has 36 heavy (non-hydrogen) atoms. The highest BCUT2D eigenvalue weighted by Crippen LogP contribution is 2.36. The standard InChI is InChI=1S/C27H34N2O7/c1-15(2)34-22-19(20(30)21(22)31)27(23(32)35-25(3,4)5,29-24(33)36-26(6,7)8)13-16-14-28-18-12-10-9-11-17(16)18/h9-12,14-15,28H,13H2,1-8H3,(H,29,33). The van der Waals surface area contributed by atoms with Gasteiger partial charge in [0.05, 0.1) is 11.7 Å². The lowest BCUT2D eigenvalue weighted by Gasteiger charge is -2.37. The number of hydrogen-bond acceptors (Lipinski definition) is 7. The third kappa shape index (κ3) is 5.61. The molecule has 2 aromatic carbocycles. The summed E-state index contributed by atoms with van der Waals surface area (Å²) < 4.78 is 16.8. The zero-order valence-electron chi connectivity index (χ0n) is 22.0. The summed E-state index contributed by atoms with van der Waals surface area (Å²) in [5.74, 6) is -1.18. The van der Waals surface area contributed by atoms with Crippen LogP contribution in [0.2, 0.25) is 0 Å². The highest BCUT2D eigenvalue weighted by Gasteiger charge is 2.52. The van der Waals surface area contributed by atoms with E-state index in [1.807, 2.05) is 24.3 Å². The Bertz CT molecular complexity index is 1350. The Balaban J connectivity index is 2.28. The van der Waals surface area contributed by atoms with Crippen LogP contribution >= 0.6 is 0 Å². The maximum atomic E-state index is 13.9. The molecule has 9 heteroatoms. The van der Waals surface area contributed by atoms with Crippen LogP contribution in [0.4, 0.5) is 4.79 Å². The predicted molar refractivity (Wildman–Crippen MR) is 136 cm³/mol. The van der Waals surface area contributed by atoms with Crippen LogP contribution in [0.5, 0.6) is 5.75 Å². The van der Waals surface area contributed by atoms with Crippen molar-refractivity contribution in [2.75, 3.05) is 0 Å². The molecule has 3 aromatic rings. The fourth-order valence-corrected chi connectivity index (χ4v) is 3.93. The molecule has 0 saturated carbocycles. The number of rotatable bonds is 7. The first-order chi connectivity index (χ1) is 16.5. The number of ether oxygens (including phenoxy) is 3. The minimum Gasteiger partial charge on any atom is -0.486 e. The smallest absolute Gasteiger partial charge is 0.408 e. The van der Waals surface area contributed by atoms with Crippen molar-refractivity contribution >= 4 is 23.0 Å². The van der Waals surface area contributed by atoms with E-state index in [2.05, 4.69) is 10.3 Å². The molecule has 1 heterocycles. The molecule has 1 unspecified atom stereocenters. The van der Waals surface area contributed by atoms with E-state index in [0.29, 0.717) is 5.56 Å². The van der Waals surface area contributed by atoms with E-state index in [1.54, 1.807) is 61.6 Å². The number of aromatic amines is 1. The highest BCUT2D eigenvalue weighted by atomic mass is 16.6. The van der Waals surface area contributed by atoms with Crippen LogP contribution in [0.1, 0.15) is 66.5 Å². The maximum Gasteiger partial charge on any atom is 0.408 e. The van der Waals surface area contributed by atoms with Crippen molar-refractivity contribution in [3.8, 4) is 5.75 Å². The lowest BCUT2D eigenvalue weighted by Crippen LogP contribution is -2.61. The predicted octanol–water partition coefficient (Wildman–Crippen LogP) is 3.86. The van der Waals surface area contributed by atoms with E-state index in [1.165, 1.54) is 0 Å².